The monoisotopic (exact) mass is 427 g/mol. The van der Waals surface area contributed by atoms with Crippen LogP contribution < -0.4 is 4.90 Å². The molecule has 2 aromatic carbocycles. The first-order valence-electron chi connectivity index (χ1n) is 10.6. The van der Waals surface area contributed by atoms with Crippen LogP contribution in [0.15, 0.2) is 61.1 Å². The van der Waals surface area contributed by atoms with Crippen molar-refractivity contribution in [2.24, 2.45) is 5.92 Å². The highest BCUT2D eigenvalue weighted by molar-refractivity contribution is 5.68. The number of hydrogen-bond donors (Lipinski definition) is 1. The first kappa shape index (κ1) is 20.1. The number of rotatable bonds is 4. The highest BCUT2D eigenvalue weighted by Gasteiger charge is 2.34. The minimum Gasteiger partial charge on any atom is -0.393 e. The van der Waals surface area contributed by atoms with Gasteiger partial charge in [-0.1, -0.05) is 24.3 Å². The van der Waals surface area contributed by atoms with Gasteiger partial charge in [0.2, 0.25) is 0 Å². The van der Waals surface area contributed by atoms with Gasteiger partial charge in [0, 0.05) is 24.3 Å². The number of fused-ring (bicyclic) bond motifs is 3. The molecule has 0 bridgehead atoms. The van der Waals surface area contributed by atoms with E-state index in [1.165, 1.54) is 23.3 Å². The predicted octanol–water partition coefficient (Wildman–Crippen LogP) is 5.14. The Morgan fingerprint density at radius 3 is 2.45 bits per heavy atom. The normalized spacial score (nSPS) is 19.9. The Labute approximate surface area is 179 Å². The number of aromatic nitrogens is 2. The molecule has 0 aliphatic carbocycles. The Morgan fingerprint density at radius 1 is 1.03 bits per heavy atom. The molecule has 2 aliphatic rings. The van der Waals surface area contributed by atoms with Crippen LogP contribution in [-0.4, -0.2) is 33.9 Å². The van der Waals surface area contributed by atoms with Gasteiger partial charge < -0.3 is 14.6 Å². The number of aliphatic hydroxyl groups is 1. The summed E-state index contributed by atoms with van der Waals surface area (Å²) < 4.78 is 40.5. The quantitative estimate of drug-likeness (QED) is 0.627. The van der Waals surface area contributed by atoms with Crippen molar-refractivity contribution in [1.29, 1.82) is 0 Å². The fraction of sp³-hybridized carbons (Fsp3) is 0.375. The zero-order chi connectivity index (χ0) is 21.6. The Morgan fingerprint density at radius 2 is 1.74 bits per heavy atom. The standard InChI is InChI=1S/C24H24F3N3O/c25-24(26,27)17-5-7-18(8-6-17)29-11-9-16(10-12-29)23(31)13-21-19-3-1-2-4-20(19)22-14-28-15-30(21)22/h1-8,14-16,21,23,31H,9-13H2. The van der Waals surface area contributed by atoms with Gasteiger partial charge in [-0.15, -0.1) is 0 Å². The molecule has 1 N–H and O–H groups in total. The van der Waals surface area contributed by atoms with Crippen LogP contribution >= 0.6 is 0 Å². The first-order valence-corrected chi connectivity index (χ1v) is 10.6. The lowest BCUT2D eigenvalue weighted by Gasteiger charge is -2.36. The summed E-state index contributed by atoms with van der Waals surface area (Å²) >= 11 is 0. The summed E-state index contributed by atoms with van der Waals surface area (Å²) in [7, 11) is 0. The number of nitrogens with zero attached hydrogens (tertiary/aromatic N) is 3. The molecule has 2 unspecified atom stereocenters. The molecule has 0 radical (unpaired) electrons. The number of alkyl halides is 3. The van der Waals surface area contributed by atoms with E-state index in [2.05, 4.69) is 26.6 Å². The second kappa shape index (κ2) is 7.71. The van der Waals surface area contributed by atoms with Crippen LogP contribution in [-0.2, 0) is 6.18 Å². The van der Waals surface area contributed by atoms with E-state index < -0.39 is 17.8 Å². The third kappa shape index (κ3) is 3.71. The van der Waals surface area contributed by atoms with Crippen molar-refractivity contribution in [3.8, 4) is 11.3 Å². The van der Waals surface area contributed by atoms with Crippen LogP contribution in [0.25, 0.3) is 11.3 Å². The summed E-state index contributed by atoms with van der Waals surface area (Å²) in [6.45, 7) is 1.45. The van der Waals surface area contributed by atoms with E-state index >= 15 is 0 Å². The van der Waals surface area contributed by atoms with E-state index in [0.717, 1.165) is 49.4 Å². The highest BCUT2D eigenvalue weighted by atomic mass is 19.4. The molecule has 0 saturated carbocycles. The van der Waals surface area contributed by atoms with Crippen molar-refractivity contribution >= 4 is 5.69 Å². The third-order valence-electron chi connectivity index (χ3n) is 6.71. The zero-order valence-electron chi connectivity index (χ0n) is 17.0. The molecule has 1 saturated heterocycles. The molecular formula is C24H24F3N3O. The van der Waals surface area contributed by atoms with Gasteiger partial charge in [0.1, 0.15) is 0 Å². The minimum absolute atomic E-state index is 0.0802. The van der Waals surface area contributed by atoms with Crippen LogP contribution in [0.5, 0.6) is 0 Å². The van der Waals surface area contributed by atoms with Crippen molar-refractivity contribution in [1.82, 2.24) is 9.55 Å². The van der Waals surface area contributed by atoms with Crippen molar-refractivity contribution in [3.05, 3.63) is 72.2 Å². The molecular weight excluding hydrogens is 403 g/mol. The fourth-order valence-electron chi connectivity index (χ4n) is 5.00. The van der Waals surface area contributed by atoms with Gasteiger partial charge in [-0.3, -0.25) is 0 Å². The van der Waals surface area contributed by atoms with Gasteiger partial charge >= 0.3 is 6.18 Å². The van der Waals surface area contributed by atoms with Gasteiger partial charge in [-0.05, 0) is 55.0 Å². The maximum atomic E-state index is 12.8. The van der Waals surface area contributed by atoms with Crippen molar-refractivity contribution < 1.29 is 18.3 Å². The van der Waals surface area contributed by atoms with Crippen LogP contribution in [0, 0.1) is 5.92 Å². The highest BCUT2D eigenvalue weighted by Crippen LogP contribution is 2.42. The van der Waals surface area contributed by atoms with Gasteiger partial charge in [0.05, 0.1) is 35.9 Å². The largest absolute Gasteiger partial charge is 0.416 e. The molecule has 5 rings (SSSR count). The Balaban J connectivity index is 1.23. The van der Waals surface area contributed by atoms with E-state index in [4.69, 9.17) is 0 Å². The Kier molecular flexibility index (Phi) is 5.01. The summed E-state index contributed by atoms with van der Waals surface area (Å²) in [5.74, 6) is 0.172. The molecule has 31 heavy (non-hydrogen) atoms. The number of hydrogen-bond acceptors (Lipinski definition) is 3. The lowest BCUT2D eigenvalue weighted by Crippen LogP contribution is -2.38. The van der Waals surface area contributed by atoms with Gasteiger partial charge in [0.25, 0.3) is 0 Å². The predicted molar refractivity (Wildman–Crippen MR) is 113 cm³/mol. The molecule has 2 atom stereocenters. The van der Waals surface area contributed by atoms with E-state index in [9.17, 15) is 18.3 Å². The van der Waals surface area contributed by atoms with Crippen LogP contribution in [0.3, 0.4) is 0 Å². The molecule has 7 heteroatoms. The smallest absolute Gasteiger partial charge is 0.393 e. The Hall–Kier alpha value is -2.80. The van der Waals surface area contributed by atoms with E-state index in [-0.39, 0.29) is 12.0 Å². The number of piperidine rings is 1. The van der Waals surface area contributed by atoms with Gasteiger partial charge in [-0.2, -0.15) is 13.2 Å². The summed E-state index contributed by atoms with van der Waals surface area (Å²) in [6.07, 6.45) is 1.20. The summed E-state index contributed by atoms with van der Waals surface area (Å²) in [5.41, 5.74) is 3.66. The summed E-state index contributed by atoms with van der Waals surface area (Å²) in [5, 5.41) is 11.0. The number of aliphatic hydroxyl groups excluding tert-OH is 1. The maximum Gasteiger partial charge on any atom is 0.416 e. The maximum absolute atomic E-state index is 12.8. The molecule has 4 nitrogen and oxygen atoms in total. The summed E-state index contributed by atoms with van der Waals surface area (Å²) in [4.78, 5) is 6.38. The second-order valence-electron chi connectivity index (χ2n) is 8.46. The fourth-order valence-corrected chi connectivity index (χ4v) is 5.00. The SMILES string of the molecule is OC(CC1c2ccccc2-c2cncn21)C1CCN(c2ccc(C(F)(F)F)cc2)CC1. The second-order valence-corrected chi connectivity index (χ2v) is 8.46. The first-order chi connectivity index (χ1) is 14.9. The van der Waals surface area contributed by atoms with E-state index in [1.807, 2.05) is 24.7 Å². The summed E-state index contributed by atoms with van der Waals surface area (Å²) in [6, 6.07) is 13.7. The molecule has 0 spiro atoms. The molecule has 3 heterocycles. The van der Waals surface area contributed by atoms with Crippen molar-refractivity contribution in [2.45, 2.75) is 37.6 Å². The molecule has 162 valence electrons. The third-order valence-corrected chi connectivity index (χ3v) is 6.71. The van der Waals surface area contributed by atoms with E-state index in [1.54, 1.807) is 0 Å². The molecule has 3 aromatic rings. The molecule has 1 fully saturated rings. The van der Waals surface area contributed by atoms with Gasteiger partial charge in [-0.25, -0.2) is 4.98 Å². The molecule has 0 amide bonds. The average molecular weight is 427 g/mol. The van der Waals surface area contributed by atoms with Crippen LogP contribution in [0.4, 0.5) is 18.9 Å². The van der Waals surface area contributed by atoms with Crippen LogP contribution in [0.2, 0.25) is 0 Å². The van der Waals surface area contributed by atoms with E-state index in [0.29, 0.717) is 6.42 Å². The van der Waals surface area contributed by atoms with Gasteiger partial charge in [0.15, 0.2) is 0 Å². The number of imidazole rings is 1. The average Bonchev–Trinajstić information content (AvgIpc) is 3.36. The molecule has 2 aliphatic heterocycles. The minimum atomic E-state index is -4.32. The number of halogens is 3. The number of anilines is 1. The van der Waals surface area contributed by atoms with Crippen molar-refractivity contribution in [3.63, 3.8) is 0 Å². The van der Waals surface area contributed by atoms with Crippen molar-refractivity contribution in [2.75, 3.05) is 18.0 Å². The lowest BCUT2D eigenvalue weighted by molar-refractivity contribution is -0.137. The van der Waals surface area contributed by atoms with Crippen LogP contribution in [0.1, 0.15) is 36.4 Å². The molecule has 1 aromatic heterocycles. The lowest BCUT2D eigenvalue weighted by atomic mass is 9.86. The topological polar surface area (TPSA) is 41.3 Å². The number of benzene rings is 2. The zero-order valence-corrected chi connectivity index (χ0v) is 17.0. The Bertz CT molecular complexity index is 1050.